The van der Waals surface area contributed by atoms with Crippen LogP contribution in [0.5, 0.6) is 0 Å². The lowest BCUT2D eigenvalue weighted by atomic mass is 10.1. The summed E-state index contributed by atoms with van der Waals surface area (Å²) in [5.74, 6) is 0.265. The number of rotatable bonds is 8. The summed E-state index contributed by atoms with van der Waals surface area (Å²) in [6, 6.07) is 4.94. The van der Waals surface area contributed by atoms with E-state index in [4.69, 9.17) is 39.9 Å². The average Bonchev–Trinajstić information content (AvgIpc) is 3.32. The van der Waals surface area contributed by atoms with Gasteiger partial charge in [-0.15, -0.1) is 0 Å². The fraction of sp³-hybridized carbons (Fsp3) is 0.500. The van der Waals surface area contributed by atoms with Crippen molar-refractivity contribution in [3.05, 3.63) is 45.0 Å². The van der Waals surface area contributed by atoms with Crippen LogP contribution in [0, 0.1) is 0 Å². The molecule has 2 saturated heterocycles. The fourth-order valence-corrected chi connectivity index (χ4v) is 5.41. The van der Waals surface area contributed by atoms with Crippen molar-refractivity contribution >= 4 is 58.4 Å². The first-order valence-corrected chi connectivity index (χ1v) is 13.1. The number of nitrogens with one attached hydrogen (secondary N) is 1. The molecular formula is C24H29Cl3N6O3. The minimum Gasteiger partial charge on any atom is -0.481 e. The smallest absolute Gasteiger partial charge is 0.304 e. The van der Waals surface area contributed by atoms with Gasteiger partial charge in [0.15, 0.2) is 5.82 Å². The second-order valence-electron chi connectivity index (χ2n) is 9.05. The van der Waals surface area contributed by atoms with E-state index in [1.165, 1.54) is 0 Å². The van der Waals surface area contributed by atoms with Crippen molar-refractivity contribution in [1.29, 1.82) is 0 Å². The average molecular weight is 556 g/mol. The van der Waals surface area contributed by atoms with Gasteiger partial charge >= 0.3 is 5.97 Å². The first-order valence-electron chi connectivity index (χ1n) is 12.0. The van der Waals surface area contributed by atoms with E-state index >= 15 is 0 Å². The topological polar surface area (TPSA) is 102 Å². The molecule has 2 fully saturated rings. The van der Waals surface area contributed by atoms with Crippen LogP contribution in [-0.4, -0.2) is 82.1 Å². The van der Waals surface area contributed by atoms with E-state index in [1.807, 2.05) is 27.7 Å². The van der Waals surface area contributed by atoms with Crippen LogP contribution in [-0.2, 0) is 9.59 Å². The molecule has 0 saturated carbocycles. The Kier molecular flexibility index (Phi) is 8.77. The Balaban J connectivity index is 1.37. The van der Waals surface area contributed by atoms with Gasteiger partial charge in [0.2, 0.25) is 11.9 Å². The summed E-state index contributed by atoms with van der Waals surface area (Å²) in [6.45, 7) is 5.40. The van der Waals surface area contributed by atoms with Gasteiger partial charge in [-0.1, -0.05) is 40.9 Å². The molecule has 0 spiro atoms. The number of carboxylic acid groups (broad SMARTS) is 1. The Morgan fingerprint density at radius 1 is 1.14 bits per heavy atom. The predicted octanol–water partition coefficient (Wildman–Crippen LogP) is 4.20. The number of aliphatic carboxylic acids is 1. The highest BCUT2D eigenvalue weighted by Gasteiger charge is 2.35. The van der Waals surface area contributed by atoms with Crippen molar-refractivity contribution in [3.63, 3.8) is 0 Å². The molecule has 0 bridgehead atoms. The number of halogens is 3. The van der Waals surface area contributed by atoms with Crippen molar-refractivity contribution < 1.29 is 14.7 Å². The summed E-state index contributed by atoms with van der Waals surface area (Å²) in [5.41, 5.74) is 0.869. The van der Waals surface area contributed by atoms with E-state index in [-0.39, 0.29) is 24.4 Å². The molecule has 0 aliphatic carbocycles. The molecule has 1 amide bonds. The number of piperazine rings is 1. The number of hydrogen-bond acceptors (Lipinski definition) is 7. The minimum absolute atomic E-state index is 0.0463. The standard InChI is InChI=1S/C24H29Cl3N6O3/c1-15(17-5-4-16(25)13-18(17)26)29-22-19(27)14-28-24(30-22)33-11-9-32(10-12-33)23(36)20-3-2-7-31(20)8-6-21(34)35/h4-5,13-15,20H,2-3,6-12H2,1H3,(H,34,35)(H,28,29,30)/t15-,20-/m1/s1. The zero-order chi connectivity index (χ0) is 25.8. The number of hydrogen-bond donors (Lipinski definition) is 2. The molecule has 2 aromatic rings. The molecular weight excluding hydrogens is 527 g/mol. The number of aromatic nitrogens is 2. The molecule has 2 atom stereocenters. The van der Waals surface area contributed by atoms with Gasteiger partial charge in [0, 0.05) is 42.8 Å². The van der Waals surface area contributed by atoms with E-state index in [1.54, 1.807) is 18.3 Å². The van der Waals surface area contributed by atoms with E-state index < -0.39 is 5.97 Å². The maximum absolute atomic E-state index is 13.1. The zero-order valence-electron chi connectivity index (χ0n) is 20.0. The van der Waals surface area contributed by atoms with Crippen molar-refractivity contribution in [2.75, 3.05) is 49.5 Å². The molecule has 9 nitrogen and oxygen atoms in total. The van der Waals surface area contributed by atoms with E-state index in [0.29, 0.717) is 59.6 Å². The number of carbonyl (C=O) groups is 2. The predicted molar refractivity (Wildman–Crippen MR) is 141 cm³/mol. The van der Waals surface area contributed by atoms with E-state index in [2.05, 4.69) is 15.3 Å². The van der Waals surface area contributed by atoms with Crippen LogP contribution in [0.1, 0.15) is 37.8 Å². The Morgan fingerprint density at radius 2 is 1.89 bits per heavy atom. The second-order valence-corrected chi connectivity index (χ2v) is 10.3. The number of likely N-dealkylation sites (tertiary alicyclic amines) is 1. The Bertz CT molecular complexity index is 1110. The molecule has 2 N–H and O–H groups in total. The van der Waals surface area contributed by atoms with Gasteiger partial charge in [0.1, 0.15) is 5.02 Å². The number of amides is 1. The van der Waals surface area contributed by atoms with Gasteiger partial charge < -0.3 is 20.2 Å². The lowest BCUT2D eigenvalue weighted by molar-refractivity contribution is -0.140. The van der Waals surface area contributed by atoms with Gasteiger partial charge in [0.25, 0.3) is 0 Å². The third-order valence-electron chi connectivity index (χ3n) is 6.65. The van der Waals surface area contributed by atoms with E-state index in [0.717, 1.165) is 24.9 Å². The van der Waals surface area contributed by atoms with E-state index in [9.17, 15) is 9.59 Å². The van der Waals surface area contributed by atoms with Gasteiger partial charge in [0.05, 0.1) is 24.7 Å². The fourth-order valence-electron chi connectivity index (χ4n) is 4.70. The summed E-state index contributed by atoms with van der Waals surface area (Å²) in [4.78, 5) is 39.0. The van der Waals surface area contributed by atoms with Crippen LogP contribution in [0.25, 0.3) is 0 Å². The molecule has 1 aromatic carbocycles. The maximum Gasteiger partial charge on any atom is 0.304 e. The number of carboxylic acids is 1. The Morgan fingerprint density at radius 3 is 2.58 bits per heavy atom. The number of anilines is 2. The van der Waals surface area contributed by atoms with Crippen LogP contribution in [0.3, 0.4) is 0 Å². The zero-order valence-corrected chi connectivity index (χ0v) is 22.2. The first-order chi connectivity index (χ1) is 17.2. The summed E-state index contributed by atoms with van der Waals surface area (Å²) < 4.78 is 0. The van der Waals surface area contributed by atoms with Gasteiger partial charge in [-0.05, 0) is 44.0 Å². The summed E-state index contributed by atoms with van der Waals surface area (Å²) in [7, 11) is 0. The molecule has 194 valence electrons. The SMILES string of the molecule is C[C@@H](Nc1nc(N2CCN(C(=O)[C@H]3CCCN3CCC(=O)O)CC2)ncc1Cl)c1ccc(Cl)cc1Cl. The normalized spacial score (nSPS) is 19.4. The molecule has 36 heavy (non-hydrogen) atoms. The summed E-state index contributed by atoms with van der Waals surface area (Å²) >= 11 is 18.7. The lowest BCUT2D eigenvalue weighted by Gasteiger charge is -2.37. The quantitative estimate of drug-likeness (QED) is 0.500. The molecule has 1 aromatic heterocycles. The van der Waals surface area contributed by atoms with Crippen LogP contribution in [0.2, 0.25) is 15.1 Å². The monoisotopic (exact) mass is 554 g/mol. The third-order valence-corrected chi connectivity index (χ3v) is 7.49. The molecule has 3 heterocycles. The maximum atomic E-state index is 13.1. The van der Waals surface area contributed by atoms with Crippen LogP contribution in [0.4, 0.5) is 11.8 Å². The molecule has 0 radical (unpaired) electrons. The summed E-state index contributed by atoms with van der Waals surface area (Å²) in [5, 5.41) is 13.8. The number of benzene rings is 1. The molecule has 12 heteroatoms. The van der Waals surface area contributed by atoms with Crippen molar-refractivity contribution in [1.82, 2.24) is 19.8 Å². The van der Waals surface area contributed by atoms with Gasteiger partial charge in [-0.3, -0.25) is 14.5 Å². The molecule has 2 aliphatic rings. The van der Waals surface area contributed by atoms with Crippen LogP contribution >= 0.6 is 34.8 Å². The second kappa shape index (κ2) is 11.8. The first kappa shape index (κ1) is 26.7. The molecule has 2 aliphatic heterocycles. The van der Waals surface area contributed by atoms with Crippen LogP contribution in [0.15, 0.2) is 24.4 Å². The summed E-state index contributed by atoms with van der Waals surface area (Å²) in [6.07, 6.45) is 3.29. The number of carbonyl (C=O) groups excluding carboxylic acids is 1. The molecule has 0 unspecified atom stereocenters. The minimum atomic E-state index is -0.843. The van der Waals surface area contributed by atoms with Crippen LogP contribution < -0.4 is 10.2 Å². The largest absolute Gasteiger partial charge is 0.481 e. The highest BCUT2D eigenvalue weighted by molar-refractivity contribution is 6.35. The molecule has 4 rings (SSSR count). The number of nitrogens with zero attached hydrogens (tertiary/aromatic N) is 5. The van der Waals surface area contributed by atoms with Gasteiger partial charge in [-0.25, -0.2) is 4.98 Å². The Labute approximate surface area is 225 Å². The van der Waals surface area contributed by atoms with Crippen molar-refractivity contribution in [2.24, 2.45) is 0 Å². The van der Waals surface area contributed by atoms with Crippen molar-refractivity contribution in [2.45, 2.75) is 38.3 Å². The highest BCUT2D eigenvalue weighted by Crippen LogP contribution is 2.31. The highest BCUT2D eigenvalue weighted by atomic mass is 35.5. The lowest BCUT2D eigenvalue weighted by Crippen LogP contribution is -2.54. The van der Waals surface area contributed by atoms with Gasteiger partial charge in [-0.2, -0.15) is 4.98 Å². The third kappa shape index (κ3) is 6.32. The Hall–Kier alpha value is -2.33. The van der Waals surface area contributed by atoms with Crippen molar-refractivity contribution in [3.8, 4) is 0 Å².